The topological polar surface area (TPSA) is 32.3 Å². The van der Waals surface area contributed by atoms with Gasteiger partial charge in [0.05, 0.1) is 5.92 Å². The van der Waals surface area contributed by atoms with Crippen LogP contribution in [0.25, 0.3) is 0 Å². The highest BCUT2D eigenvalue weighted by Gasteiger charge is 2.39. The molecule has 3 rings (SSSR count). The molecule has 0 aromatic heterocycles. The Labute approximate surface area is 116 Å². The molecule has 3 aliphatic rings. The summed E-state index contributed by atoms with van der Waals surface area (Å²) in [4.78, 5) is 14.8. The molecule has 0 radical (unpaired) electrons. The molecule has 0 aromatic carbocycles. The van der Waals surface area contributed by atoms with Crippen molar-refractivity contribution in [3.05, 3.63) is 0 Å². The number of nitrogens with zero attached hydrogens (tertiary/aromatic N) is 1. The molecule has 0 spiro atoms. The second-order valence-corrected chi connectivity index (χ2v) is 5.98. The van der Waals surface area contributed by atoms with Crippen molar-refractivity contribution in [2.45, 2.75) is 51.0 Å². The molecule has 4 heteroatoms. The van der Waals surface area contributed by atoms with Crippen molar-refractivity contribution in [2.24, 2.45) is 11.8 Å². The summed E-state index contributed by atoms with van der Waals surface area (Å²) in [5, 5.41) is 3.37. The number of amides is 1. The van der Waals surface area contributed by atoms with Crippen molar-refractivity contribution in [2.75, 3.05) is 19.6 Å². The van der Waals surface area contributed by atoms with Crippen LogP contribution in [0.2, 0.25) is 0 Å². The molecule has 1 N–H and O–H groups in total. The number of likely N-dealkylation sites (tertiary alicyclic amines) is 1. The zero-order chi connectivity index (χ0) is 11.7. The Morgan fingerprint density at radius 1 is 1.06 bits per heavy atom. The average molecular weight is 273 g/mol. The van der Waals surface area contributed by atoms with Crippen LogP contribution in [0.1, 0.15) is 44.9 Å². The molecule has 2 saturated heterocycles. The Bertz CT molecular complexity index is 292. The summed E-state index contributed by atoms with van der Waals surface area (Å²) >= 11 is 0. The fourth-order valence-electron chi connectivity index (χ4n) is 4.02. The third-order valence-corrected chi connectivity index (χ3v) is 4.92. The van der Waals surface area contributed by atoms with Gasteiger partial charge in [-0.1, -0.05) is 6.42 Å². The standard InChI is InChI=1S/C14H24N2O.ClH/c17-14(12-5-2-8-15-10-12)16-9-3-6-11-4-1-7-13(11)16;/h11-13,15H,1-10H2;1H/t11?,12-,13?;/m1./s1. The van der Waals surface area contributed by atoms with Gasteiger partial charge in [-0.2, -0.15) is 0 Å². The summed E-state index contributed by atoms with van der Waals surface area (Å²) in [5.41, 5.74) is 0. The van der Waals surface area contributed by atoms with E-state index in [1.54, 1.807) is 0 Å². The van der Waals surface area contributed by atoms with Crippen LogP contribution in [0.3, 0.4) is 0 Å². The number of hydrogen-bond donors (Lipinski definition) is 1. The fraction of sp³-hybridized carbons (Fsp3) is 0.929. The van der Waals surface area contributed by atoms with E-state index in [1.807, 2.05) is 0 Å². The van der Waals surface area contributed by atoms with E-state index in [-0.39, 0.29) is 18.3 Å². The quantitative estimate of drug-likeness (QED) is 0.794. The predicted octanol–water partition coefficient (Wildman–Crippen LogP) is 2.20. The highest BCUT2D eigenvalue weighted by molar-refractivity contribution is 5.85. The summed E-state index contributed by atoms with van der Waals surface area (Å²) in [5.74, 6) is 1.54. The summed E-state index contributed by atoms with van der Waals surface area (Å²) in [6, 6.07) is 0.596. The first-order chi connectivity index (χ1) is 8.36. The predicted molar refractivity (Wildman–Crippen MR) is 74.9 cm³/mol. The molecule has 0 aromatic rings. The first-order valence-electron chi connectivity index (χ1n) is 7.37. The van der Waals surface area contributed by atoms with Crippen LogP contribution in [0.5, 0.6) is 0 Å². The molecule has 2 unspecified atom stereocenters. The van der Waals surface area contributed by atoms with Gasteiger partial charge >= 0.3 is 0 Å². The summed E-state index contributed by atoms with van der Waals surface area (Å²) in [7, 11) is 0. The normalized spacial score (nSPS) is 35.8. The van der Waals surface area contributed by atoms with Crippen molar-refractivity contribution in [3.8, 4) is 0 Å². The second-order valence-electron chi connectivity index (χ2n) is 5.98. The lowest BCUT2D eigenvalue weighted by molar-refractivity contribution is -0.140. The molecule has 1 aliphatic carbocycles. The number of hydrogen-bond acceptors (Lipinski definition) is 2. The molecule has 2 heterocycles. The summed E-state index contributed by atoms with van der Waals surface area (Å²) < 4.78 is 0. The van der Waals surface area contributed by atoms with Gasteiger partial charge < -0.3 is 10.2 Å². The number of halogens is 1. The van der Waals surface area contributed by atoms with Gasteiger partial charge in [0.15, 0.2) is 0 Å². The Hall–Kier alpha value is -0.280. The Kier molecular flexibility index (Phi) is 4.91. The van der Waals surface area contributed by atoms with E-state index >= 15 is 0 Å². The Morgan fingerprint density at radius 3 is 2.67 bits per heavy atom. The van der Waals surface area contributed by atoms with E-state index in [1.165, 1.54) is 38.5 Å². The summed E-state index contributed by atoms with van der Waals surface area (Å²) in [6.45, 7) is 3.03. The van der Waals surface area contributed by atoms with Crippen LogP contribution in [0.15, 0.2) is 0 Å². The number of nitrogens with one attached hydrogen (secondary N) is 1. The third kappa shape index (κ3) is 2.67. The maximum Gasteiger partial charge on any atom is 0.227 e. The Morgan fingerprint density at radius 2 is 1.89 bits per heavy atom. The molecule has 1 saturated carbocycles. The number of piperidine rings is 2. The second kappa shape index (κ2) is 6.25. The maximum absolute atomic E-state index is 12.6. The maximum atomic E-state index is 12.6. The van der Waals surface area contributed by atoms with E-state index in [0.29, 0.717) is 11.9 Å². The zero-order valence-corrected chi connectivity index (χ0v) is 11.9. The van der Waals surface area contributed by atoms with E-state index < -0.39 is 0 Å². The number of fused-ring (bicyclic) bond motifs is 1. The smallest absolute Gasteiger partial charge is 0.227 e. The van der Waals surface area contributed by atoms with Crippen molar-refractivity contribution in [1.29, 1.82) is 0 Å². The van der Waals surface area contributed by atoms with Crippen molar-refractivity contribution in [1.82, 2.24) is 10.2 Å². The third-order valence-electron chi connectivity index (χ3n) is 4.92. The van der Waals surface area contributed by atoms with E-state index in [0.717, 1.165) is 32.0 Å². The number of carbonyl (C=O) groups excluding carboxylic acids is 1. The van der Waals surface area contributed by atoms with E-state index in [4.69, 9.17) is 0 Å². The minimum atomic E-state index is 0. The van der Waals surface area contributed by atoms with Gasteiger partial charge in [-0.05, 0) is 51.0 Å². The SMILES string of the molecule is Cl.O=C([C@@H]1CCCNC1)N1CCCC2CCCC21. The van der Waals surface area contributed by atoms with Crippen LogP contribution in [-0.2, 0) is 4.79 Å². The zero-order valence-electron chi connectivity index (χ0n) is 11.1. The highest BCUT2D eigenvalue weighted by atomic mass is 35.5. The Balaban J connectivity index is 0.00000120. The summed E-state index contributed by atoms with van der Waals surface area (Å²) in [6.07, 6.45) is 8.80. The fourth-order valence-corrected chi connectivity index (χ4v) is 4.02. The lowest BCUT2D eigenvalue weighted by atomic mass is 9.89. The number of carbonyl (C=O) groups is 1. The molecular formula is C14H25ClN2O. The molecule has 0 bridgehead atoms. The van der Waals surface area contributed by atoms with Crippen molar-refractivity contribution >= 4 is 18.3 Å². The largest absolute Gasteiger partial charge is 0.339 e. The van der Waals surface area contributed by atoms with Gasteiger partial charge in [0, 0.05) is 19.1 Å². The van der Waals surface area contributed by atoms with Crippen molar-refractivity contribution < 1.29 is 4.79 Å². The molecule has 2 aliphatic heterocycles. The first-order valence-corrected chi connectivity index (χ1v) is 7.37. The molecule has 1 amide bonds. The lowest BCUT2D eigenvalue weighted by Gasteiger charge is -2.40. The van der Waals surface area contributed by atoms with Gasteiger partial charge in [-0.25, -0.2) is 0 Å². The van der Waals surface area contributed by atoms with Crippen molar-refractivity contribution in [3.63, 3.8) is 0 Å². The monoisotopic (exact) mass is 272 g/mol. The van der Waals surface area contributed by atoms with E-state index in [2.05, 4.69) is 10.2 Å². The van der Waals surface area contributed by atoms with Gasteiger partial charge in [0.2, 0.25) is 5.91 Å². The molecule has 3 atom stereocenters. The number of rotatable bonds is 1. The van der Waals surface area contributed by atoms with Crippen LogP contribution in [0.4, 0.5) is 0 Å². The average Bonchev–Trinajstić information content (AvgIpc) is 2.87. The van der Waals surface area contributed by atoms with Crippen LogP contribution < -0.4 is 5.32 Å². The van der Waals surface area contributed by atoms with Crippen LogP contribution >= 0.6 is 12.4 Å². The minimum Gasteiger partial charge on any atom is -0.339 e. The minimum absolute atomic E-state index is 0. The highest BCUT2D eigenvalue weighted by Crippen LogP contribution is 2.37. The molecular weight excluding hydrogens is 248 g/mol. The van der Waals surface area contributed by atoms with Crippen LogP contribution in [-0.4, -0.2) is 36.5 Å². The van der Waals surface area contributed by atoms with E-state index in [9.17, 15) is 4.79 Å². The lowest BCUT2D eigenvalue weighted by Crippen LogP contribution is -2.51. The molecule has 3 nitrogen and oxygen atoms in total. The molecule has 18 heavy (non-hydrogen) atoms. The molecule has 3 fully saturated rings. The van der Waals surface area contributed by atoms with Gasteiger partial charge in [0.1, 0.15) is 0 Å². The first kappa shape index (κ1) is 14.1. The molecule has 104 valence electrons. The van der Waals surface area contributed by atoms with Crippen LogP contribution in [0, 0.1) is 11.8 Å². The van der Waals surface area contributed by atoms with Gasteiger partial charge in [-0.15, -0.1) is 12.4 Å². The van der Waals surface area contributed by atoms with Gasteiger partial charge in [0.25, 0.3) is 0 Å². The van der Waals surface area contributed by atoms with Gasteiger partial charge in [-0.3, -0.25) is 4.79 Å².